The number of carboxylic acid groups (broad SMARTS) is 1. The van der Waals surface area contributed by atoms with Gasteiger partial charge in [0, 0.05) is 24.1 Å². The third-order valence-electron chi connectivity index (χ3n) is 3.77. The first-order valence-corrected chi connectivity index (χ1v) is 7.69. The molecule has 5 heteroatoms. The first-order chi connectivity index (χ1) is 9.47. The number of piperidine rings is 1. The predicted octanol–water partition coefficient (Wildman–Crippen LogP) is 2.93. The van der Waals surface area contributed by atoms with E-state index in [0.29, 0.717) is 11.5 Å². The predicted molar refractivity (Wildman–Crippen MR) is 84.6 cm³/mol. The monoisotopic (exact) mass is 340 g/mol. The molecule has 0 saturated carbocycles. The summed E-state index contributed by atoms with van der Waals surface area (Å²) < 4.78 is 0.807. The van der Waals surface area contributed by atoms with Crippen LogP contribution in [0, 0.1) is 5.92 Å². The molecule has 0 amide bonds. The summed E-state index contributed by atoms with van der Waals surface area (Å²) in [5.41, 5.74) is 1.22. The number of hydrogen-bond donors (Lipinski definition) is 1. The molecule has 1 aliphatic heterocycles. The maximum atomic E-state index is 11.4. The van der Waals surface area contributed by atoms with Crippen molar-refractivity contribution in [3.05, 3.63) is 28.2 Å². The molecule has 1 saturated heterocycles. The number of rotatable bonds is 4. The number of hydrogen-bond acceptors (Lipinski definition) is 3. The maximum Gasteiger partial charge on any atom is 0.337 e. The van der Waals surface area contributed by atoms with Crippen molar-refractivity contribution in [2.45, 2.75) is 12.8 Å². The van der Waals surface area contributed by atoms with Gasteiger partial charge in [-0.25, -0.2) is 4.79 Å². The number of benzene rings is 1. The van der Waals surface area contributed by atoms with Gasteiger partial charge in [0.1, 0.15) is 0 Å². The van der Waals surface area contributed by atoms with Crippen molar-refractivity contribution in [3.63, 3.8) is 0 Å². The summed E-state index contributed by atoms with van der Waals surface area (Å²) in [6, 6.07) is 5.50. The van der Waals surface area contributed by atoms with E-state index in [9.17, 15) is 9.90 Å². The van der Waals surface area contributed by atoms with Crippen molar-refractivity contribution in [2.75, 3.05) is 38.6 Å². The molecule has 2 rings (SSSR count). The molecule has 1 aromatic rings. The number of anilines is 1. The molecule has 0 unspecified atom stereocenters. The van der Waals surface area contributed by atoms with Gasteiger partial charge in [0.15, 0.2) is 0 Å². The molecule has 1 N–H and O–H groups in total. The van der Waals surface area contributed by atoms with E-state index in [1.807, 2.05) is 12.1 Å². The van der Waals surface area contributed by atoms with Crippen LogP contribution in [0.5, 0.6) is 0 Å². The Morgan fingerprint density at radius 3 is 2.60 bits per heavy atom. The Bertz CT molecular complexity index is 483. The van der Waals surface area contributed by atoms with Crippen LogP contribution < -0.4 is 4.90 Å². The molecule has 4 nitrogen and oxygen atoms in total. The molecule has 1 fully saturated rings. The number of carbonyl (C=O) groups is 1. The number of carboxylic acids is 1. The lowest BCUT2D eigenvalue weighted by Crippen LogP contribution is -2.37. The van der Waals surface area contributed by atoms with Crippen molar-refractivity contribution in [1.29, 1.82) is 0 Å². The van der Waals surface area contributed by atoms with Crippen LogP contribution in [0.15, 0.2) is 22.7 Å². The molecule has 1 heterocycles. The summed E-state index contributed by atoms with van der Waals surface area (Å²) in [7, 11) is 4.20. The van der Waals surface area contributed by atoms with Crippen LogP contribution >= 0.6 is 15.9 Å². The maximum absolute atomic E-state index is 11.4. The minimum absolute atomic E-state index is 0.380. The number of nitrogens with zero attached hydrogens (tertiary/aromatic N) is 2. The normalized spacial score (nSPS) is 16.7. The molecule has 0 radical (unpaired) electrons. The van der Waals surface area contributed by atoms with Crippen LogP contribution in [0.3, 0.4) is 0 Å². The Hall–Kier alpha value is -1.07. The summed E-state index contributed by atoms with van der Waals surface area (Å²) in [6.07, 6.45) is 2.24. The SMILES string of the molecule is CN(C)CC1CCN(c2ccc(Br)cc2C(=O)O)CC1. The first-order valence-electron chi connectivity index (χ1n) is 6.90. The van der Waals surface area contributed by atoms with Crippen LogP contribution in [-0.2, 0) is 0 Å². The van der Waals surface area contributed by atoms with Crippen molar-refractivity contribution >= 4 is 27.6 Å². The van der Waals surface area contributed by atoms with Gasteiger partial charge in [-0.3, -0.25) is 0 Å². The van der Waals surface area contributed by atoms with Gasteiger partial charge in [0.05, 0.1) is 11.3 Å². The Morgan fingerprint density at radius 2 is 2.05 bits per heavy atom. The quantitative estimate of drug-likeness (QED) is 0.915. The van der Waals surface area contributed by atoms with E-state index in [1.165, 1.54) is 0 Å². The van der Waals surface area contributed by atoms with Crippen molar-refractivity contribution in [3.8, 4) is 0 Å². The van der Waals surface area contributed by atoms with Crippen molar-refractivity contribution in [1.82, 2.24) is 4.90 Å². The van der Waals surface area contributed by atoms with Crippen LogP contribution in [-0.4, -0.2) is 49.7 Å². The second-order valence-corrected chi connectivity index (χ2v) is 6.57. The minimum Gasteiger partial charge on any atom is -0.478 e. The average molecular weight is 341 g/mol. The van der Waals surface area contributed by atoms with Crippen LogP contribution in [0.4, 0.5) is 5.69 Å². The minimum atomic E-state index is -0.864. The lowest BCUT2D eigenvalue weighted by Gasteiger charge is -2.35. The van der Waals surface area contributed by atoms with Gasteiger partial charge in [-0.1, -0.05) is 15.9 Å². The molecule has 1 aliphatic rings. The van der Waals surface area contributed by atoms with Crippen LogP contribution in [0.25, 0.3) is 0 Å². The zero-order valence-corrected chi connectivity index (χ0v) is 13.6. The van der Waals surface area contributed by atoms with Crippen LogP contribution in [0.1, 0.15) is 23.2 Å². The largest absolute Gasteiger partial charge is 0.478 e. The van der Waals surface area contributed by atoms with E-state index in [1.54, 1.807) is 6.07 Å². The molecule has 0 atom stereocenters. The van der Waals surface area contributed by atoms with Gasteiger partial charge >= 0.3 is 5.97 Å². The zero-order valence-electron chi connectivity index (χ0n) is 12.0. The lowest BCUT2D eigenvalue weighted by molar-refractivity contribution is 0.0697. The fourth-order valence-corrected chi connectivity index (χ4v) is 3.19. The first kappa shape index (κ1) is 15.3. The standard InChI is InChI=1S/C15H21BrN2O2/c1-17(2)10-11-5-7-18(8-6-11)14-4-3-12(16)9-13(14)15(19)20/h3-4,9,11H,5-8,10H2,1-2H3,(H,19,20). The molecule has 0 spiro atoms. The second kappa shape index (κ2) is 6.59. The Morgan fingerprint density at radius 1 is 1.40 bits per heavy atom. The van der Waals surface area contributed by atoms with Crippen molar-refractivity contribution < 1.29 is 9.90 Å². The summed E-state index contributed by atoms with van der Waals surface area (Å²) in [6.45, 7) is 2.97. The highest BCUT2D eigenvalue weighted by Gasteiger charge is 2.23. The summed E-state index contributed by atoms with van der Waals surface area (Å²) >= 11 is 3.34. The highest BCUT2D eigenvalue weighted by Crippen LogP contribution is 2.29. The summed E-state index contributed by atoms with van der Waals surface area (Å²) in [5, 5.41) is 9.34. The number of halogens is 1. The van der Waals surface area contributed by atoms with Gasteiger partial charge in [-0.15, -0.1) is 0 Å². The Balaban J connectivity index is 2.09. The zero-order chi connectivity index (χ0) is 14.7. The van der Waals surface area contributed by atoms with Gasteiger partial charge in [-0.2, -0.15) is 0 Å². The molecule has 20 heavy (non-hydrogen) atoms. The second-order valence-electron chi connectivity index (χ2n) is 5.66. The van der Waals surface area contributed by atoms with E-state index in [4.69, 9.17) is 0 Å². The van der Waals surface area contributed by atoms with E-state index < -0.39 is 5.97 Å². The highest BCUT2D eigenvalue weighted by atomic mass is 79.9. The summed E-state index contributed by atoms with van der Waals surface area (Å²) in [4.78, 5) is 15.8. The molecule has 1 aromatic carbocycles. The van der Waals surface area contributed by atoms with Crippen molar-refractivity contribution in [2.24, 2.45) is 5.92 Å². The molecular weight excluding hydrogens is 320 g/mol. The third kappa shape index (κ3) is 3.73. The van der Waals surface area contributed by atoms with Gasteiger partial charge in [-0.05, 0) is 51.1 Å². The van der Waals surface area contributed by atoms with E-state index in [2.05, 4.69) is 39.8 Å². The topological polar surface area (TPSA) is 43.8 Å². The molecule has 110 valence electrons. The van der Waals surface area contributed by atoms with Gasteiger partial charge in [0.25, 0.3) is 0 Å². The van der Waals surface area contributed by atoms with Gasteiger partial charge in [0.2, 0.25) is 0 Å². The lowest BCUT2D eigenvalue weighted by atomic mass is 9.95. The summed E-state index contributed by atoms with van der Waals surface area (Å²) in [5.74, 6) is -0.151. The van der Waals surface area contributed by atoms with Gasteiger partial charge < -0.3 is 14.9 Å². The fraction of sp³-hybridized carbons (Fsp3) is 0.533. The van der Waals surface area contributed by atoms with E-state index in [-0.39, 0.29) is 0 Å². The third-order valence-corrected chi connectivity index (χ3v) is 4.26. The highest BCUT2D eigenvalue weighted by molar-refractivity contribution is 9.10. The molecule has 0 bridgehead atoms. The molecule has 0 aromatic heterocycles. The number of aromatic carboxylic acids is 1. The molecule has 0 aliphatic carbocycles. The van der Waals surface area contributed by atoms with E-state index >= 15 is 0 Å². The Labute approximate surface area is 128 Å². The molecular formula is C15H21BrN2O2. The average Bonchev–Trinajstić information content (AvgIpc) is 2.39. The Kier molecular flexibility index (Phi) is 5.05. The van der Waals surface area contributed by atoms with Crippen LogP contribution in [0.2, 0.25) is 0 Å². The smallest absolute Gasteiger partial charge is 0.337 e. The van der Waals surface area contributed by atoms with E-state index in [0.717, 1.165) is 42.6 Å². The fourth-order valence-electron chi connectivity index (χ4n) is 2.83.